The van der Waals surface area contributed by atoms with Gasteiger partial charge in [-0.3, -0.25) is 14.4 Å². The van der Waals surface area contributed by atoms with Crippen LogP contribution in [0.3, 0.4) is 0 Å². The summed E-state index contributed by atoms with van der Waals surface area (Å²) in [6.07, 6.45) is 72.2. The number of unbranched alkanes of at least 4 members (excludes halogenated alkanes) is 33. The topological polar surface area (TPSA) is 78.9 Å². The Kier molecular flexibility index (Phi) is 55.3. The van der Waals surface area contributed by atoms with Gasteiger partial charge in [-0.05, 0) is 83.5 Å². The minimum absolute atomic E-state index is 0.0887. The fourth-order valence-corrected chi connectivity index (χ4v) is 8.49. The van der Waals surface area contributed by atoms with Crippen LogP contribution in [0.5, 0.6) is 0 Å². The predicted octanol–water partition coefficient (Wildman–Crippen LogP) is 20.0. The van der Waals surface area contributed by atoms with E-state index in [0.717, 1.165) is 64.2 Å². The number of esters is 3. The van der Waals surface area contributed by atoms with E-state index in [1.54, 1.807) is 0 Å². The molecular weight excluding hydrogens is 853 g/mol. The van der Waals surface area contributed by atoms with E-state index in [0.29, 0.717) is 19.3 Å². The molecule has 0 N–H and O–H groups in total. The van der Waals surface area contributed by atoms with Gasteiger partial charge in [0.1, 0.15) is 13.2 Å². The van der Waals surface area contributed by atoms with Crippen LogP contribution < -0.4 is 0 Å². The molecule has 0 bridgehead atoms. The predicted molar refractivity (Wildman–Crippen MR) is 298 cm³/mol. The van der Waals surface area contributed by atoms with Gasteiger partial charge in [0.15, 0.2) is 6.10 Å². The summed E-state index contributed by atoms with van der Waals surface area (Å²) in [6.45, 7) is 6.59. The van der Waals surface area contributed by atoms with Crippen LogP contribution in [-0.2, 0) is 28.6 Å². The molecule has 0 unspecified atom stereocenters. The molecule has 0 amide bonds. The Morgan fingerprint density at radius 3 is 0.913 bits per heavy atom. The van der Waals surface area contributed by atoms with Crippen molar-refractivity contribution < 1.29 is 28.6 Å². The molecule has 0 aromatic heterocycles. The SMILES string of the molecule is CCCCC/C=C\C/C=C\C/C=C\C/C=C\CCCC(=O)OC[C@H](COC(=O)CCCCCCCCCCCCC/C=C\CCCCCCCC)OC(=O)CCCCCCCCCCCCCCC. The van der Waals surface area contributed by atoms with Crippen LogP contribution >= 0.6 is 0 Å². The highest BCUT2D eigenvalue weighted by Crippen LogP contribution is 2.16. The maximum absolute atomic E-state index is 12.8. The lowest BCUT2D eigenvalue weighted by atomic mass is 10.0. The molecular formula is C63H112O6. The summed E-state index contributed by atoms with van der Waals surface area (Å²) < 4.78 is 16.8. The molecule has 69 heavy (non-hydrogen) atoms. The maximum Gasteiger partial charge on any atom is 0.306 e. The number of carbonyl (C=O) groups excluding carboxylic acids is 3. The van der Waals surface area contributed by atoms with E-state index >= 15 is 0 Å². The Morgan fingerprint density at radius 1 is 0.290 bits per heavy atom. The Hall–Kier alpha value is -2.89. The van der Waals surface area contributed by atoms with Crippen molar-refractivity contribution in [1.29, 1.82) is 0 Å². The second-order valence-corrected chi connectivity index (χ2v) is 19.9. The van der Waals surface area contributed by atoms with Crippen LogP contribution in [0.2, 0.25) is 0 Å². The van der Waals surface area contributed by atoms with Crippen molar-refractivity contribution in [3.8, 4) is 0 Å². The Bertz CT molecular complexity index is 1250. The third kappa shape index (κ3) is 55.9. The monoisotopic (exact) mass is 965 g/mol. The molecule has 0 saturated heterocycles. The molecule has 0 aliphatic carbocycles. The summed E-state index contributed by atoms with van der Waals surface area (Å²) in [4.78, 5) is 38.1. The lowest BCUT2D eigenvalue weighted by molar-refractivity contribution is -0.167. The number of allylic oxidation sites excluding steroid dienone is 10. The summed E-state index contributed by atoms with van der Waals surface area (Å²) >= 11 is 0. The third-order valence-corrected chi connectivity index (χ3v) is 13.0. The standard InChI is InChI=1S/C63H112O6/c1-4-7-10-13-16-19-22-25-27-29-30-31-32-34-36-39-41-44-47-50-53-56-62(65)68-59-60(69-63(66)57-54-51-48-45-42-37-24-21-18-15-12-9-6-3)58-67-61(64)55-52-49-46-43-40-38-35-33-28-26-23-20-17-14-11-8-5-2/h17,20,25-28,35,38,43,46,60H,4-16,18-19,21-24,29-34,36-37,39-42,44-45,47-59H2,1-3H3/b20-17-,27-25-,28-26-,38-35-,46-43-/t60-/m1/s1. The molecule has 1 atom stereocenters. The summed E-state index contributed by atoms with van der Waals surface area (Å²) in [5.74, 6) is -0.935. The zero-order valence-corrected chi connectivity index (χ0v) is 45.8. The van der Waals surface area contributed by atoms with E-state index in [9.17, 15) is 14.4 Å². The lowest BCUT2D eigenvalue weighted by Crippen LogP contribution is -2.30. The molecule has 0 aromatic carbocycles. The van der Waals surface area contributed by atoms with Gasteiger partial charge in [-0.2, -0.15) is 0 Å². The van der Waals surface area contributed by atoms with Crippen LogP contribution in [0.15, 0.2) is 60.8 Å². The first-order chi connectivity index (χ1) is 34.0. The van der Waals surface area contributed by atoms with Crippen molar-refractivity contribution in [2.75, 3.05) is 13.2 Å². The molecule has 6 nitrogen and oxygen atoms in total. The second-order valence-electron chi connectivity index (χ2n) is 19.9. The van der Waals surface area contributed by atoms with Crippen molar-refractivity contribution in [2.45, 2.75) is 309 Å². The van der Waals surface area contributed by atoms with E-state index in [-0.39, 0.29) is 37.5 Å². The number of carbonyl (C=O) groups is 3. The molecule has 0 aromatic rings. The molecule has 0 radical (unpaired) electrons. The van der Waals surface area contributed by atoms with Crippen LogP contribution in [0, 0.1) is 0 Å². The van der Waals surface area contributed by atoms with Crippen molar-refractivity contribution in [3.05, 3.63) is 60.8 Å². The van der Waals surface area contributed by atoms with Crippen LogP contribution in [0.25, 0.3) is 0 Å². The average molecular weight is 966 g/mol. The van der Waals surface area contributed by atoms with Gasteiger partial charge in [-0.15, -0.1) is 0 Å². The van der Waals surface area contributed by atoms with E-state index in [4.69, 9.17) is 14.2 Å². The lowest BCUT2D eigenvalue weighted by Gasteiger charge is -2.18. The first kappa shape index (κ1) is 66.1. The largest absolute Gasteiger partial charge is 0.462 e. The Labute approximate surface area is 428 Å². The van der Waals surface area contributed by atoms with E-state index in [1.807, 2.05) is 0 Å². The second kappa shape index (κ2) is 57.7. The smallest absolute Gasteiger partial charge is 0.306 e. The molecule has 6 heteroatoms. The molecule has 0 aliphatic rings. The summed E-state index contributed by atoms with van der Waals surface area (Å²) in [5.41, 5.74) is 0. The normalized spacial score (nSPS) is 12.4. The molecule has 0 aliphatic heterocycles. The summed E-state index contributed by atoms with van der Waals surface area (Å²) in [5, 5.41) is 0. The highest BCUT2D eigenvalue weighted by atomic mass is 16.6. The summed E-state index contributed by atoms with van der Waals surface area (Å²) in [6, 6.07) is 0. The highest BCUT2D eigenvalue weighted by molar-refractivity contribution is 5.71. The van der Waals surface area contributed by atoms with E-state index in [2.05, 4.69) is 81.5 Å². The number of rotatable bonds is 54. The van der Waals surface area contributed by atoms with Crippen LogP contribution in [0.1, 0.15) is 303 Å². The molecule has 0 saturated carbocycles. The highest BCUT2D eigenvalue weighted by Gasteiger charge is 2.19. The molecule has 0 rings (SSSR count). The Morgan fingerprint density at radius 2 is 0.536 bits per heavy atom. The third-order valence-electron chi connectivity index (χ3n) is 13.0. The average Bonchev–Trinajstić information content (AvgIpc) is 3.35. The van der Waals surface area contributed by atoms with Gasteiger partial charge in [0, 0.05) is 19.3 Å². The van der Waals surface area contributed by atoms with Gasteiger partial charge in [-0.1, -0.05) is 261 Å². The van der Waals surface area contributed by atoms with Crippen LogP contribution in [-0.4, -0.2) is 37.2 Å². The van der Waals surface area contributed by atoms with Gasteiger partial charge >= 0.3 is 17.9 Å². The molecule has 0 heterocycles. The quantitative estimate of drug-likeness (QED) is 0.0262. The molecule has 0 spiro atoms. The van der Waals surface area contributed by atoms with E-state index in [1.165, 1.54) is 193 Å². The van der Waals surface area contributed by atoms with Crippen molar-refractivity contribution in [3.63, 3.8) is 0 Å². The van der Waals surface area contributed by atoms with Crippen molar-refractivity contribution in [2.24, 2.45) is 0 Å². The first-order valence-corrected chi connectivity index (χ1v) is 29.8. The van der Waals surface area contributed by atoms with Gasteiger partial charge in [0.05, 0.1) is 0 Å². The fourth-order valence-electron chi connectivity index (χ4n) is 8.49. The van der Waals surface area contributed by atoms with Gasteiger partial charge in [-0.25, -0.2) is 0 Å². The zero-order chi connectivity index (χ0) is 50.0. The van der Waals surface area contributed by atoms with Crippen molar-refractivity contribution in [1.82, 2.24) is 0 Å². The number of hydrogen-bond donors (Lipinski definition) is 0. The fraction of sp³-hybridized carbons (Fsp3) is 0.794. The first-order valence-electron chi connectivity index (χ1n) is 29.8. The molecule has 400 valence electrons. The Balaban J connectivity index is 4.37. The molecule has 0 fully saturated rings. The van der Waals surface area contributed by atoms with Gasteiger partial charge in [0.2, 0.25) is 0 Å². The zero-order valence-electron chi connectivity index (χ0n) is 45.8. The van der Waals surface area contributed by atoms with Gasteiger partial charge in [0.25, 0.3) is 0 Å². The van der Waals surface area contributed by atoms with Crippen LogP contribution in [0.4, 0.5) is 0 Å². The minimum Gasteiger partial charge on any atom is -0.462 e. The van der Waals surface area contributed by atoms with Gasteiger partial charge < -0.3 is 14.2 Å². The minimum atomic E-state index is -0.794. The van der Waals surface area contributed by atoms with E-state index < -0.39 is 6.10 Å². The maximum atomic E-state index is 12.8. The number of hydrogen-bond acceptors (Lipinski definition) is 6. The van der Waals surface area contributed by atoms with Crippen molar-refractivity contribution >= 4 is 17.9 Å². The summed E-state index contributed by atoms with van der Waals surface area (Å²) in [7, 11) is 0. The number of ether oxygens (including phenoxy) is 3.